The van der Waals surface area contributed by atoms with E-state index >= 15 is 0 Å². The van der Waals surface area contributed by atoms with Crippen LogP contribution in [0.15, 0.2) is 18.3 Å². The molecule has 2 atom stereocenters. The molecule has 0 bridgehead atoms. The highest BCUT2D eigenvalue weighted by molar-refractivity contribution is 5.92. The topological polar surface area (TPSA) is 82.5 Å². The number of nitrogens with one attached hydrogen (secondary N) is 1. The smallest absolute Gasteiger partial charge is 0.270 e. The van der Waals surface area contributed by atoms with Crippen LogP contribution in [-0.2, 0) is 0 Å². The third-order valence-electron chi connectivity index (χ3n) is 3.35. The zero-order chi connectivity index (χ0) is 14.4. The first-order valence-corrected chi connectivity index (χ1v) is 6.75. The minimum absolute atomic E-state index is 0.188. The first kappa shape index (κ1) is 14.5. The molecule has 0 aliphatic heterocycles. The molecule has 1 saturated carbocycles. The summed E-state index contributed by atoms with van der Waals surface area (Å²) in [6, 6.07) is 3.08. The van der Waals surface area contributed by atoms with Crippen molar-refractivity contribution in [1.29, 1.82) is 0 Å². The van der Waals surface area contributed by atoms with E-state index in [0.717, 1.165) is 25.7 Å². The molecule has 0 spiro atoms. The van der Waals surface area contributed by atoms with Crippen LogP contribution < -0.4 is 5.32 Å². The van der Waals surface area contributed by atoms with E-state index in [1.807, 2.05) is 0 Å². The van der Waals surface area contributed by atoms with Gasteiger partial charge < -0.3 is 15.5 Å². The summed E-state index contributed by atoms with van der Waals surface area (Å²) < 4.78 is 0. The first-order valence-electron chi connectivity index (χ1n) is 6.75. The average Bonchev–Trinajstić information content (AvgIpc) is 2.48. The van der Waals surface area contributed by atoms with Gasteiger partial charge in [0.25, 0.3) is 5.91 Å². The third-order valence-corrected chi connectivity index (χ3v) is 3.35. The minimum atomic E-state index is -0.470. The zero-order valence-corrected chi connectivity index (χ0v) is 11.2. The van der Waals surface area contributed by atoms with Gasteiger partial charge in [-0.2, -0.15) is 0 Å². The van der Waals surface area contributed by atoms with Gasteiger partial charge in [-0.1, -0.05) is 24.7 Å². The maximum atomic E-state index is 12.0. The summed E-state index contributed by atoms with van der Waals surface area (Å²) in [6.45, 7) is -0.207. The second-order valence-corrected chi connectivity index (χ2v) is 4.82. The van der Waals surface area contributed by atoms with Gasteiger partial charge in [0.05, 0.1) is 12.1 Å². The zero-order valence-electron chi connectivity index (χ0n) is 11.2. The van der Waals surface area contributed by atoms with Gasteiger partial charge in [-0.25, -0.2) is 4.98 Å². The molecule has 1 aliphatic rings. The summed E-state index contributed by atoms with van der Waals surface area (Å²) >= 11 is 0. The summed E-state index contributed by atoms with van der Waals surface area (Å²) in [5, 5.41) is 21.2. The molecule has 0 saturated heterocycles. The minimum Gasteiger partial charge on any atom is -0.391 e. The number of carbonyl (C=O) groups is 1. The van der Waals surface area contributed by atoms with Crippen molar-refractivity contribution < 1.29 is 15.0 Å². The van der Waals surface area contributed by atoms with E-state index in [1.54, 1.807) is 12.1 Å². The van der Waals surface area contributed by atoms with Gasteiger partial charge in [0.1, 0.15) is 12.3 Å². The van der Waals surface area contributed by atoms with Crippen LogP contribution in [0.1, 0.15) is 41.7 Å². The maximum absolute atomic E-state index is 12.0. The summed E-state index contributed by atoms with van der Waals surface area (Å²) in [6.07, 6.45) is 4.58. The molecule has 20 heavy (non-hydrogen) atoms. The SMILES string of the molecule is O=C(NC1CCCCC1O)c1ccc(C#CCO)cn1. The van der Waals surface area contributed by atoms with Crippen LogP contribution >= 0.6 is 0 Å². The number of hydrogen-bond donors (Lipinski definition) is 3. The summed E-state index contributed by atoms with van der Waals surface area (Å²) in [7, 11) is 0. The average molecular weight is 274 g/mol. The van der Waals surface area contributed by atoms with Gasteiger partial charge in [-0.3, -0.25) is 4.79 Å². The Morgan fingerprint density at radius 1 is 1.40 bits per heavy atom. The van der Waals surface area contributed by atoms with Gasteiger partial charge in [0.2, 0.25) is 0 Å². The summed E-state index contributed by atoms with van der Waals surface area (Å²) in [4.78, 5) is 16.1. The van der Waals surface area contributed by atoms with Crippen LogP contribution in [0, 0.1) is 11.8 Å². The number of amides is 1. The van der Waals surface area contributed by atoms with Crippen LogP contribution in [0.5, 0.6) is 0 Å². The van der Waals surface area contributed by atoms with E-state index in [-0.39, 0.29) is 18.6 Å². The number of rotatable bonds is 2. The number of pyridine rings is 1. The highest BCUT2D eigenvalue weighted by Gasteiger charge is 2.25. The van der Waals surface area contributed by atoms with Crippen LogP contribution in [0.25, 0.3) is 0 Å². The first-order chi connectivity index (χ1) is 9.70. The Bertz CT molecular complexity index is 516. The van der Waals surface area contributed by atoms with Crippen molar-refractivity contribution in [3.05, 3.63) is 29.6 Å². The molecule has 1 aliphatic carbocycles. The van der Waals surface area contributed by atoms with Crippen molar-refractivity contribution in [2.45, 2.75) is 37.8 Å². The Morgan fingerprint density at radius 2 is 2.20 bits per heavy atom. The van der Waals surface area contributed by atoms with E-state index in [2.05, 4.69) is 22.1 Å². The van der Waals surface area contributed by atoms with Crippen LogP contribution in [0.3, 0.4) is 0 Å². The fourth-order valence-electron chi connectivity index (χ4n) is 2.27. The van der Waals surface area contributed by atoms with Gasteiger partial charge in [-0.15, -0.1) is 0 Å². The van der Waals surface area contributed by atoms with Gasteiger partial charge in [-0.05, 0) is 25.0 Å². The second-order valence-electron chi connectivity index (χ2n) is 4.82. The lowest BCUT2D eigenvalue weighted by Crippen LogP contribution is -2.45. The van der Waals surface area contributed by atoms with E-state index in [0.29, 0.717) is 11.3 Å². The molecule has 1 amide bonds. The standard InChI is InChI=1S/C15H18N2O3/c18-9-3-4-11-7-8-13(16-10-11)15(20)17-12-5-1-2-6-14(12)19/h7-8,10,12,14,18-19H,1-2,5-6,9H2,(H,17,20). The Kier molecular flexibility index (Phi) is 5.10. The Balaban J connectivity index is 1.98. The lowest BCUT2D eigenvalue weighted by atomic mass is 9.92. The van der Waals surface area contributed by atoms with Crippen molar-refractivity contribution in [2.24, 2.45) is 0 Å². The summed E-state index contributed by atoms with van der Waals surface area (Å²) in [5.74, 6) is 4.95. The Labute approximate surface area is 118 Å². The second kappa shape index (κ2) is 7.04. The van der Waals surface area contributed by atoms with Crippen molar-refractivity contribution in [2.75, 3.05) is 6.61 Å². The Morgan fingerprint density at radius 3 is 2.85 bits per heavy atom. The molecular weight excluding hydrogens is 256 g/mol. The molecule has 1 aromatic heterocycles. The van der Waals surface area contributed by atoms with Gasteiger partial charge in [0.15, 0.2) is 0 Å². The molecule has 106 valence electrons. The number of aromatic nitrogens is 1. The van der Waals surface area contributed by atoms with Gasteiger partial charge >= 0.3 is 0 Å². The van der Waals surface area contributed by atoms with E-state index < -0.39 is 6.10 Å². The largest absolute Gasteiger partial charge is 0.391 e. The molecule has 2 rings (SSSR count). The highest BCUT2D eigenvalue weighted by Crippen LogP contribution is 2.18. The lowest BCUT2D eigenvalue weighted by molar-refractivity contribution is 0.0714. The van der Waals surface area contributed by atoms with Crippen molar-refractivity contribution in [1.82, 2.24) is 10.3 Å². The number of aliphatic hydroxyl groups excluding tert-OH is 2. The predicted molar refractivity (Wildman–Crippen MR) is 73.9 cm³/mol. The van der Waals surface area contributed by atoms with Crippen molar-refractivity contribution in [3.8, 4) is 11.8 Å². The normalized spacial score (nSPS) is 21.7. The van der Waals surface area contributed by atoms with Crippen LogP contribution in [0.4, 0.5) is 0 Å². The number of hydrogen-bond acceptors (Lipinski definition) is 4. The lowest BCUT2D eigenvalue weighted by Gasteiger charge is -2.28. The monoisotopic (exact) mass is 274 g/mol. The van der Waals surface area contributed by atoms with Crippen molar-refractivity contribution >= 4 is 5.91 Å². The molecule has 0 aromatic carbocycles. The summed E-state index contributed by atoms with van der Waals surface area (Å²) in [5.41, 5.74) is 0.950. The van der Waals surface area contributed by atoms with E-state index in [4.69, 9.17) is 5.11 Å². The maximum Gasteiger partial charge on any atom is 0.270 e. The fourth-order valence-corrected chi connectivity index (χ4v) is 2.27. The molecule has 5 heteroatoms. The highest BCUT2D eigenvalue weighted by atomic mass is 16.3. The van der Waals surface area contributed by atoms with Crippen LogP contribution in [0.2, 0.25) is 0 Å². The molecule has 1 aromatic rings. The van der Waals surface area contributed by atoms with Crippen molar-refractivity contribution in [3.63, 3.8) is 0 Å². The van der Waals surface area contributed by atoms with Crippen LogP contribution in [-0.4, -0.2) is 39.9 Å². The molecule has 1 heterocycles. The molecule has 2 unspecified atom stereocenters. The number of aliphatic hydroxyl groups is 2. The number of nitrogens with zero attached hydrogens (tertiary/aromatic N) is 1. The fraction of sp³-hybridized carbons (Fsp3) is 0.467. The molecule has 1 fully saturated rings. The number of carbonyl (C=O) groups excluding carboxylic acids is 1. The van der Waals surface area contributed by atoms with E-state index in [9.17, 15) is 9.90 Å². The van der Waals surface area contributed by atoms with Gasteiger partial charge in [0, 0.05) is 11.8 Å². The molecule has 3 N–H and O–H groups in total. The molecule has 0 radical (unpaired) electrons. The van der Waals surface area contributed by atoms with E-state index in [1.165, 1.54) is 6.20 Å². The quantitative estimate of drug-likeness (QED) is 0.684. The third kappa shape index (κ3) is 3.80. The molecular formula is C15H18N2O3. The Hall–Kier alpha value is -1.90. The molecule has 5 nitrogen and oxygen atoms in total. The predicted octanol–water partition coefficient (Wildman–Crippen LogP) is 0.459.